The van der Waals surface area contributed by atoms with E-state index in [2.05, 4.69) is 11.8 Å². The van der Waals surface area contributed by atoms with E-state index >= 15 is 0 Å². The van der Waals surface area contributed by atoms with Crippen molar-refractivity contribution in [2.45, 2.75) is 6.54 Å². The van der Waals surface area contributed by atoms with Gasteiger partial charge in [-0.15, -0.1) is 11.3 Å². The Labute approximate surface area is 69.0 Å². The second-order valence-corrected chi connectivity index (χ2v) is 3.28. The Morgan fingerprint density at radius 2 is 2.45 bits per heavy atom. The maximum atomic E-state index is 12.4. The van der Waals surface area contributed by atoms with Crippen LogP contribution in [0.5, 0.6) is 0 Å². The molecule has 0 aliphatic heterocycles. The summed E-state index contributed by atoms with van der Waals surface area (Å²) >= 11 is 1.14. The molecule has 1 rings (SSSR count). The molecule has 0 N–H and O–H groups in total. The topological polar surface area (TPSA) is 15.6 Å². The highest BCUT2D eigenvalue weighted by molar-refractivity contribution is 7.10. The van der Waals surface area contributed by atoms with Crippen LogP contribution in [0.1, 0.15) is 4.88 Å². The van der Waals surface area contributed by atoms with Crippen molar-refractivity contribution in [3.05, 3.63) is 22.1 Å². The van der Waals surface area contributed by atoms with E-state index in [-0.39, 0.29) is 5.13 Å². The molecule has 60 valence electrons. The first-order valence-corrected chi connectivity index (χ1v) is 3.96. The average Bonchev–Trinajstić information content (AvgIpc) is 2.35. The summed E-state index contributed by atoms with van der Waals surface area (Å²) in [7, 11) is 1.80. The van der Waals surface area contributed by atoms with Crippen LogP contribution in [0.3, 0.4) is 0 Å². The van der Waals surface area contributed by atoms with Crippen molar-refractivity contribution in [2.24, 2.45) is 5.10 Å². The second kappa shape index (κ2) is 3.48. The molecule has 0 aliphatic carbocycles. The van der Waals surface area contributed by atoms with Gasteiger partial charge in [0, 0.05) is 18.6 Å². The molecule has 1 heterocycles. The van der Waals surface area contributed by atoms with Crippen LogP contribution in [0, 0.1) is 5.13 Å². The van der Waals surface area contributed by atoms with Crippen molar-refractivity contribution >= 4 is 18.1 Å². The van der Waals surface area contributed by atoms with Gasteiger partial charge in [-0.05, 0) is 12.1 Å². The first kappa shape index (κ1) is 8.20. The number of halogens is 1. The first-order chi connectivity index (χ1) is 5.22. The SMILES string of the molecule is C=NN(C)Cc1ccc(F)s1. The van der Waals surface area contributed by atoms with Gasteiger partial charge < -0.3 is 0 Å². The fraction of sp³-hybridized carbons (Fsp3) is 0.286. The summed E-state index contributed by atoms with van der Waals surface area (Å²) in [4.78, 5) is 0.956. The van der Waals surface area contributed by atoms with Gasteiger partial charge in [0.25, 0.3) is 0 Å². The van der Waals surface area contributed by atoms with Crippen molar-refractivity contribution in [2.75, 3.05) is 7.05 Å². The molecule has 11 heavy (non-hydrogen) atoms. The molecule has 0 aliphatic rings. The quantitative estimate of drug-likeness (QED) is 0.502. The molecular formula is C7H9FN2S. The van der Waals surface area contributed by atoms with Crippen LogP contribution < -0.4 is 0 Å². The standard InChI is InChI=1S/C7H9FN2S/c1-9-10(2)5-6-3-4-7(8)11-6/h3-4H,1,5H2,2H3. The van der Waals surface area contributed by atoms with E-state index in [0.717, 1.165) is 16.2 Å². The highest BCUT2D eigenvalue weighted by Crippen LogP contribution is 2.15. The van der Waals surface area contributed by atoms with Crippen molar-refractivity contribution in [3.63, 3.8) is 0 Å². The lowest BCUT2D eigenvalue weighted by atomic mass is 10.5. The van der Waals surface area contributed by atoms with Gasteiger partial charge in [-0.2, -0.15) is 9.49 Å². The van der Waals surface area contributed by atoms with Gasteiger partial charge in [0.2, 0.25) is 0 Å². The molecule has 0 amide bonds. The summed E-state index contributed by atoms with van der Waals surface area (Å²) < 4.78 is 12.4. The van der Waals surface area contributed by atoms with Crippen molar-refractivity contribution in [3.8, 4) is 0 Å². The third-order valence-corrected chi connectivity index (χ3v) is 2.11. The molecule has 0 spiro atoms. The Morgan fingerprint density at radius 3 is 2.91 bits per heavy atom. The first-order valence-electron chi connectivity index (χ1n) is 3.14. The summed E-state index contributed by atoms with van der Waals surface area (Å²) in [6.45, 7) is 3.97. The minimum Gasteiger partial charge on any atom is -0.295 e. The van der Waals surface area contributed by atoms with E-state index < -0.39 is 0 Å². The van der Waals surface area contributed by atoms with Gasteiger partial charge in [0.1, 0.15) is 0 Å². The highest BCUT2D eigenvalue weighted by atomic mass is 32.1. The Hall–Kier alpha value is -0.900. The number of hydrazone groups is 1. The number of thiophene rings is 1. The van der Waals surface area contributed by atoms with Crippen LogP contribution >= 0.6 is 11.3 Å². The smallest absolute Gasteiger partial charge is 0.176 e. The van der Waals surface area contributed by atoms with Crippen LogP contribution in [0.4, 0.5) is 4.39 Å². The number of hydrogen-bond acceptors (Lipinski definition) is 3. The minimum absolute atomic E-state index is 0.155. The van der Waals surface area contributed by atoms with E-state index in [0.29, 0.717) is 6.54 Å². The second-order valence-electron chi connectivity index (χ2n) is 2.16. The normalized spacial score (nSPS) is 9.64. The van der Waals surface area contributed by atoms with E-state index in [1.165, 1.54) is 6.07 Å². The van der Waals surface area contributed by atoms with Crippen LogP contribution in [0.25, 0.3) is 0 Å². The predicted octanol–water partition coefficient (Wildman–Crippen LogP) is 1.93. The highest BCUT2D eigenvalue weighted by Gasteiger charge is 1.99. The molecule has 0 saturated carbocycles. The van der Waals surface area contributed by atoms with Gasteiger partial charge in [-0.25, -0.2) is 0 Å². The Morgan fingerprint density at radius 1 is 1.73 bits per heavy atom. The molecular weight excluding hydrogens is 163 g/mol. The van der Waals surface area contributed by atoms with E-state index in [9.17, 15) is 4.39 Å². The molecule has 0 aromatic carbocycles. The molecule has 0 saturated heterocycles. The summed E-state index contributed by atoms with van der Waals surface area (Å²) in [6.07, 6.45) is 0. The lowest BCUT2D eigenvalue weighted by Gasteiger charge is -2.08. The van der Waals surface area contributed by atoms with Crippen molar-refractivity contribution in [1.82, 2.24) is 5.01 Å². The Balaban J connectivity index is 2.57. The van der Waals surface area contributed by atoms with Crippen LogP contribution in [-0.4, -0.2) is 18.8 Å². The summed E-state index contributed by atoms with van der Waals surface area (Å²) in [5, 5.41) is 5.16. The van der Waals surface area contributed by atoms with Crippen LogP contribution in [-0.2, 0) is 6.54 Å². The van der Waals surface area contributed by atoms with Crippen LogP contribution in [0.2, 0.25) is 0 Å². The van der Waals surface area contributed by atoms with E-state index in [4.69, 9.17) is 0 Å². The fourth-order valence-electron chi connectivity index (χ4n) is 0.712. The third kappa shape index (κ3) is 2.31. The van der Waals surface area contributed by atoms with Gasteiger partial charge >= 0.3 is 0 Å². The molecule has 2 nitrogen and oxygen atoms in total. The van der Waals surface area contributed by atoms with Crippen molar-refractivity contribution in [1.29, 1.82) is 0 Å². The molecule has 4 heteroatoms. The average molecular weight is 172 g/mol. The zero-order chi connectivity index (χ0) is 8.27. The zero-order valence-corrected chi connectivity index (χ0v) is 7.07. The van der Waals surface area contributed by atoms with Gasteiger partial charge in [-0.3, -0.25) is 5.01 Å². The zero-order valence-electron chi connectivity index (χ0n) is 6.25. The van der Waals surface area contributed by atoms with Crippen molar-refractivity contribution < 1.29 is 4.39 Å². The molecule has 0 bridgehead atoms. The number of hydrogen-bond donors (Lipinski definition) is 0. The molecule has 0 radical (unpaired) electrons. The summed E-state index contributed by atoms with van der Waals surface area (Å²) in [6, 6.07) is 3.21. The maximum Gasteiger partial charge on any atom is 0.176 e. The van der Waals surface area contributed by atoms with Gasteiger partial charge in [0.15, 0.2) is 5.13 Å². The summed E-state index contributed by atoms with van der Waals surface area (Å²) in [5.41, 5.74) is 0. The summed E-state index contributed by atoms with van der Waals surface area (Å²) in [5.74, 6) is 0. The Kier molecular flexibility index (Phi) is 2.59. The predicted molar refractivity (Wildman–Crippen MR) is 45.3 cm³/mol. The monoisotopic (exact) mass is 172 g/mol. The van der Waals surface area contributed by atoms with Crippen LogP contribution in [0.15, 0.2) is 17.2 Å². The molecule has 1 aromatic rings. The molecule has 0 fully saturated rings. The van der Waals surface area contributed by atoms with Gasteiger partial charge in [-0.1, -0.05) is 0 Å². The fourth-order valence-corrected chi connectivity index (χ4v) is 1.49. The Bertz CT molecular complexity index is 246. The largest absolute Gasteiger partial charge is 0.295 e. The lowest BCUT2D eigenvalue weighted by Crippen LogP contribution is -2.07. The van der Waals surface area contributed by atoms with E-state index in [1.807, 2.05) is 0 Å². The molecule has 1 aromatic heterocycles. The van der Waals surface area contributed by atoms with E-state index in [1.54, 1.807) is 18.1 Å². The minimum atomic E-state index is -0.155. The maximum absolute atomic E-state index is 12.4. The lowest BCUT2D eigenvalue weighted by molar-refractivity contribution is 0.353. The third-order valence-electron chi connectivity index (χ3n) is 1.25. The molecule has 0 unspecified atom stereocenters. The number of rotatable bonds is 3. The molecule has 0 atom stereocenters. The van der Waals surface area contributed by atoms with Gasteiger partial charge in [0.05, 0.1) is 6.54 Å². The number of nitrogens with zero attached hydrogens (tertiary/aromatic N) is 2.